The maximum atomic E-state index is 11.8. The van der Waals surface area contributed by atoms with Gasteiger partial charge in [0.1, 0.15) is 5.60 Å². The second kappa shape index (κ2) is 14.5. The molecule has 0 aromatic carbocycles. The molecule has 0 bridgehead atoms. The van der Waals surface area contributed by atoms with Crippen LogP contribution >= 0.6 is 0 Å². The molecule has 2 unspecified atom stereocenters. The molecular formula is C20H36O4S-2. The van der Waals surface area contributed by atoms with E-state index in [2.05, 4.69) is 13.8 Å². The van der Waals surface area contributed by atoms with Gasteiger partial charge in [-0.1, -0.05) is 90.9 Å². The number of aliphatic hydroxyl groups is 1. The van der Waals surface area contributed by atoms with E-state index in [1.807, 2.05) is 0 Å². The molecule has 0 aliphatic rings. The lowest BCUT2D eigenvalue weighted by molar-refractivity contribution is -0.328. The van der Waals surface area contributed by atoms with Crippen LogP contribution < -0.4 is 5.11 Å². The van der Waals surface area contributed by atoms with Crippen molar-refractivity contribution in [1.29, 1.82) is 0 Å². The molecule has 0 aliphatic heterocycles. The lowest BCUT2D eigenvalue weighted by Crippen LogP contribution is -2.55. The first-order valence-electron chi connectivity index (χ1n) is 10.0. The summed E-state index contributed by atoms with van der Waals surface area (Å²) in [6.07, 6.45) is 12.4. The fraction of sp³-hybridized carbons (Fsp3) is 0.900. The Labute approximate surface area is 159 Å². The van der Waals surface area contributed by atoms with Gasteiger partial charge >= 0.3 is 0 Å². The molecule has 1 N–H and O–H groups in total. The quantitative estimate of drug-likeness (QED) is 0.311. The third kappa shape index (κ3) is 10.1. The van der Waals surface area contributed by atoms with Crippen molar-refractivity contribution in [2.24, 2.45) is 5.92 Å². The summed E-state index contributed by atoms with van der Waals surface area (Å²) in [4.78, 5) is 23.3. The van der Waals surface area contributed by atoms with Gasteiger partial charge in [-0.15, -0.1) is 0 Å². The van der Waals surface area contributed by atoms with Crippen molar-refractivity contribution in [3.05, 3.63) is 0 Å². The normalized spacial score (nSPS) is 14.8. The van der Waals surface area contributed by atoms with Crippen LogP contribution in [-0.4, -0.2) is 21.8 Å². The summed E-state index contributed by atoms with van der Waals surface area (Å²) < 4.78 is 0. The van der Waals surface area contributed by atoms with Crippen molar-refractivity contribution in [3.63, 3.8) is 0 Å². The van der Waals surface area contributed by atoms with Gasteiger partial charge in [0, 0.05) is 11.0 Å². The summed E-state index contributed by atoms with van der Waals surface area (Å²) in [6.45, 7) is 4.28. The zero-order valence-corrected chi connectivity index (χ0v) is 16.9. The molecule has 148 valence electrons. The zero-order valence-electron chi connectivity index (χ0n) is 16.1. The lowest BCUT2D eigenvalue weighted by atomic mass is 9.80. The van der Waals surface area contributed by atoms with Crippen LogP contribution in [0.2, 0.25) is 0 Å². The first kappa shape index (κ1) is 24.3. The molecular weight excluding hydrogens is 336 g/mol. The average Bonchev–Trinajstić information content (AvgIpc) is 2.56. The number of unbranched alkanes of at least 4 members (excludes halogenated alkanes) is 10. The van der Waals surface area contributed by atoms with Gasteiger partial charge in [0.15, 0.2) is 0 Å². The van der Waals surface area contributed by atoms with Gasteiger partial charge in [-0.3, -0.25) is 0 Å². The Kier molecular flexibility index (Phi) is 14.1. The summed E-state index contributed by atoms with van der Waals surface area (Å²) in [5, 5.41) is 21.5. The third-order valence-corrected chi connectivity index (χ3v) is 5.26. The van der Waals surface area contributed by atoms with Gasteiger partial charge in [0.25, 0.3) is 0 Å². The number of hydrogen-bond acceptors (Lipinski definition) is 5. The maximum Gasteiger partial charge on any atom is 0.112 e. The van der Waals surface area contributed by atoms with Crippen LogP contribution in [0, 0.1) is 5.92 Å². The summed E-state index contributed by atoms with van der Waals surface area (Å²) in [5.74, 6) is -2.59. The molecule has 25 heavy (non-hydrogen) atoms. The van der Waals surface area contributed by atoms with Crippen molar-refractivity contribution in [3.8, 4) is 0 Å². The predicted octanol–water partition coefficient (Wildman–Crippen LogP) is 3.66. The minimum absolute atomic E-state index is 0.0460. The Morgan fingerprint density at radius 1 is 0.880 bits per heavy atom. The Balaban J connectivity index is 4.50. The highest BCUT2D eigenvalue weighted by Crippen LogP contribution is 2.30. The summed E-state index contributed by atoms with van der Waals surface area (Å²) in [6, 6.07) is 0. The zero-order chi connectivity index (χ0) is 19.1. The molecule has 0 aromatic heterocycles. The molecule has 5 heteroatoms. The Morgan fingerprint density at radius 2 is 1.32 bits per heavy atom. The van der Waals surface area contributed by atoms with Gasteiger partial charge in [-0.05, 0) is 12.8 Å². The molecule has 4 nitrogen and oxygen atoms in total. The van der Waals surface area contributed by atoms with E-state index in [1.54, 1.807) is 0 Å². The third-order valence-electron chi connectivity index (χ3n) is 4.97. The van der Waals surface area contributed by atoms with Crippen molar-refractivity contribution in [2.75, 3.05) is 0 Å². The number of carbonyl (C=O) groups excluding carboxylic acids is 2. The van der Waals surface area contributed by atoms with Crippen molar-refractivity contribution in [1.82, 2.24) is 0 Å². The highest BCUT2D eigenvalue weighted by atomic mass is 32.1. The molecule has 0 radical (unpaired) electrons. The van der Waals surface area contributed by atoms with Gasteiger partial charge in [0.05, 0.1) is 5.97 Å². The van der Waals surface area contributed by atoms with E-state index in [4.69, 9.17) is 12.6 Å². The van der Waals surface area contributed by atoms with Crippen LogP contribution in [0.1, 0.15) is 104 Å². The van der Waals surface area contributed by atoms with Crippen molar-refractivity contribution >= 4 is 23.7 Å². The minimum Gasteiger partial charge on any atom is -0.742 e. The van der Waals surface area contributed by atoms with Gasteiger partial charge in [0.2, 0.25) is 0 Å². The fourth-order valence-corrected chi connectivity index (χ4v) is 3.59. The van der Waals surface area contributed by atoms with Gasteiger partial charge in [-0.25, -0.2) is 0 Å². The van der Waals surface area contributed by atoms with E-state index >= 15 is 0 Å². The SMILES string of the molecule is CCCCCCCCC(C(=O)[S-])C(O)(CCCCCCCC)C(=O)[O-]. The average molecular weight is 373 g/mol. The van der Waals surface area contributed by atoms with Crippen LogP contribution in [-0.2, 0) is 22.2 Å². The second-order valence-corrected chi connectivity index (χ2v) is 7.56. The van der Waals surface area contributed by atoms with Crippen LogP contribution in [0.25, 0.3) is 0 Å². The molecule has 0 spiro atoms. The van der Waals surface area contributed by atoms with Crippen LogP contribution in [0.15, 0.2) is 0 Å². The monoisotopic (exact) mass is 372 g/mol. The van der Waals surface area contributed by atoms with E-state index in [-0.39, 0.29) is 6.42 Å². The van der Waals surface area contributed by atoms with Crippen molar-refractivity contribution < 1.29 is 19.8 Å². The number of hydrogen-bond donors (Lipinski definition) is 1. The number of carboxylic acids is 1. The minimum atomic E-state index is -2.12. The molecule has 0 aliphatic carbocycles. The first-order chi connectivity index (χ1) is 11.9. The van der Waals surface area contributed by atoms with E-state index in [0.29, 0.717) is 19.3 Å². The molecule has 0 heterocycles. The highest BCUT2D eigenvalue weighted by molar-refractivity contribution is 7.77. The number of carboxylic acid groups (broad SMARTS) is 1. The summed E-state index contributed by atoms with van der Waals surface area (Å²) >= 11 is 4.73. The van der Waals surface area contributed by atoms with Gasteiger partial charge < -0.3 is 32.4 Å². The second-order valence-electron chi connectivity index (χ2n) is 7.16. The molecule has 0 saturated carbocycles. The van der Waals surface area contributed by atoms with Gasteiger partial charge in [-0.2, -0.15) is 0 Å². The fourth-order valence-electron chi connectivity index (χ4n) is 3.27. The van der Waals surface area contributed by atoms with Crippen LogP contribution in [0.3, 0.4) is 0 Å². The molecule has 0 rings (SSSR count). The topological polar surface area (TPSA) is 77.4 Å². The largest absolute Gasteiger partial charge is 0.742 e. The van der Waals surface area contributed by atoms with Crippen molar-refractivity contribution in [2.45, 2.75) is 109 Å². The smallest absolute Gasteiger partial charge is 0.112 e. The van der Waals surface area contributed by atoms with E-state index in [9.17, 15) is 19.8 Å². The number of carbonyl (C=O) groups is 2. The standard InChI is InChI=1S/C20H38O4S/c1-3-5-7-9-11-13-15-17(18(21)25)20(24,19(22)23)16-14-12-10-8-6-4-2/h17,24H,3-16H2,1-2H3,(H,21,25)(H,22,23)/p-2. The molecule has 0 amide bonds. The highest BCUT2D eigenvalue weighted by Gasteiger charge is 2.38. The van der Waals surface area contributed by atoms with E-state index in [0.717, 1.165) is 57.8 Å². The summed E-state index contributed by atoms with van der Waals surface area (Å²) in [5.41, 5.74) is -2.12. The Hall–Kier alpha value is -0.680. The van der Waals surface area contributed by atoms with E-state index < -0.39 is 22.6 Å². The maximum absolute atomic E-state index is 11.8. The molecule has 2 atom stereocenters. The van der Waals surface area contributed by atoms with E-state index in [1.165, 1.54) is 6.42 Å². The Morgan fingerprint density at radius 3 is 1.76 bits per heavy atom. The molecule has 0 fully saturated rings. The predicted molar refractivity (Wildman–Crippen MR) is 102 cm³/mol. The first-order valence-corrected chi connectivity index (χ1v) is 10.5. The summed E-state index contributed by atoms with van der Waals surface area (Å²) in [7, 11) is 0. The van der Waals surface area contributed by atoms with Crippen LogP contribution in [0.4, 0.5) is 0 Å². The molecule has 0 saturated heterocycles. The van der Waals surface area contributed by atoms with Crippen LogP contribution in [0.5, 0.6) is 0 Å². The number of aliphatic carboxylic acids is 1. The number of rotatable bonds is 17. The lowest BCUT2D eigenvalue weighted by Gasteiger charge is -2.38. The molecule has 0 aromatic rings. The Bertz CT molecular complexity index is 373.